The van der Waals surface area contributed by atoms with Gasteiger partial charge in [0.2, 0.25) is 5.95 Å². The predicted molar refractivity (Wildman–Crippen MR) is 133 cm³/mol. The molecule has 6 nitrogen and oxygen atoms in total. The van der Waals surface area contributed by atoms with E-state index in [1.54, 1.807) is 0 Å². The van der Waals surface area contributed by atoms with E-state index in [4.69, 9.17) is 10.5 Å². The largest absolute Gasteiger partial charge is 0.379 e. The lowest BCUT2D eigenvalue weighted by atomic mass is 9.98. The average molecular weight is 490 g/mol. The highest BCUT2D eigenvalue weighted by molar-refractivity contribution is 9.10. The molecule has 0 atom stereocenters. The Hall–Kier alpha value is -3.00. The van der Waals surface area contributed by atoms with Crippen LogP contribution in [0.5, 0.6) is 0 Å². The average Bonchev–Trinajstić information content (AvgIpc) is 2.80. The first-order valence-corrected chi connectivity index (χ1v) is 11.4. The summed E-state index contributed by atoms with van der Waals surface area (Å²) in [5.41, 5.74) is 11.4. The summed E-state index contributed by atoms with van der Waals surface area (Å²) in [6.45, 7) is 4.40. The molecule has 0 amide bonds. The van der Waals surface area contributed by atoms with Crippen molar-refractivity contribution in [2.75, 3.05) is 37.4 Å². The summed E-state index contributed by atoms with van der Waals surface area (Å²) in [6.07, 6.45) is 0. The van der Waals surface area contributed by atoms with Crippen LogP contribution in [0.1, 0.15) is 5.56 Å². The minimum Gasteiger partial charge on any atom is -0.379 e. The van der Waals surface area contributed by atoms with E-state index in [-0.39, 0.29) is 5.95 Å². The van der Waals surface area contributed by atoms with E-state index in [0.29, 0.717) is 5.82 Å². The molecule has 1 aliphatic rings. The van der Waals surface area contributed by atoms with Gasteiger partial charge in [0.25, 0.3) is 0 Å². The van der Waals surface area contributed by atoms with Gasteiger partial charge in [0.05, 0.1) is 18.7 Å². The summed E-state index contributed by atoms with van der Waals surface area (Å²) in [7, 11) is 0. The van der Waals surface area contributed by atoms with Gasteiger partial charge in [-0.05, 0) is 47.0 Å². The van der Waals surface area contributed by atoms with Gasteiger partial charge in [-0.1, -0.05) is 52.3 Å². The number of fused-ring (bicyclic) bond motifs is 1. The SMILES string of the molecule is Nc1nc(Nc2cccc(Br)c2)c2cc(-c3ccccc3CN3CCOCC3)ccc2n1. The first-order valence-electron chi connectivity index (χ1n) is 10.6. The van der Waals surface area contributed by atoms with E-state index in [1.165, 1.54) is 11.1 Å². The van der Waals surface area contributed by atoms with Gasteiger partial charge >= 0.3 is 0 Å². The van der Waals surface area contributed by atoms with Gasteiger partial charge < -0.3 is 15.8 Å². The zero-order valence-corrected chi connectivity index (χ0v) is 19.2. The monoisotopic (exact) mass is 489 g/mol. The molecule has 0 bridgehead atoms. The molecular weight excluding hydrogens is 466 g/mol. The van der Waals surface area contributed by atoms with Gasteiger partial charge in [0.1, 0.15) is 5.82 Å². The fourth-order valence-corrected chi connectivity index (χ4v) is 4.45. The number of hydrogen-bond donors (Lipinski definition) is 2. The number of anilines is 3. The Kier molecular flexibility index (Phi) is 6.03. The quantitative estimate of drug-likeness (QED) is 0.400. The van der Waals surface area contributed by atoms with Crippen molar-refractivity contribution >= 4 is 44.3 Å². The van der Waals surface area contributed by atoms with Crippen LogP contribution in [0, 0.1) is 0 Å². The van der Waals surface area contributed by atoms with Crippen molar-refractivity contribution in [3.8, 4) is 11.1 Å². The molecule has 1 aromatic heterocycles. The van der Waals surface area contributed by atoms with Crippen molar-refractivity contribution in [1.29, 1.82) is 0 Å². The number of aromatic nitrogens is 2. The maximum absolute atomic E-state index is 6.00. The van der Waals surface area contributed by atoms with Crippen LogP contribution in [0.3, 0.4) is 0 Å². The van der Waals surface area contributed by atoms with Crippen molar-refractivity contribution in [2.24, 2.45) is 0 Å². The van der Waals surface area contributed by atoms with Crippen LogP contribution in [-0.2, 0) is 11.3 Å². The summed E-state index contributed by atoms with van der Waals surface area (Å²) in [5, 5.41) is 4.33. The first-order chi connectivity index (χ1) is 15.7. The second kappa shape index (κ2) is 9.24. The fourth-order valence-electron chi connectivity index (χ4n) is 4.05. The van der Waals surface area contributed by atoms with Crippen LogP contribution in [0.15, 0.2) is 71.2 Å². The number of nitrogens with one attached hydrogen (secondary N) is 1. The maximum atomic E-state index is 6.00. The molecule has 0 aliphatic carbocycles. The Morgan fingerprint density at radius 2 is 1.81 bits per heavy atom. The standard InChI is InChI=1S/C25H24BrN5O/c26-19-5-3-6-20(15-19)28-24-22-14-17(8-9-23(22)29-25(27)30-24)21-7-2-1-4-18(21)16-31-10-12-32-13-11-31/h1-9,14-15H,10-13,16H2,(H3,27,28,29,30). The molecule has 7 heteroatoms. The molecule has 162 valence electrons. The van der Waals surface area contributed by atoms with E-state index >= 15 is 0 Å². The molecule has 3 aromatic carbocycles. The van der Waals surface area contributed by atoms with Crippen LogP contribution in [0.4, 0.5) is 17.5 Å². The highest BCUT2D eigenvalue weighted by Gasteiger charge is 2.15. The first kappa shape index (κ1) is 20.9. The number of rotatable bonds is 5. The van der Waals surface area contributed by atoms with Crippen LogP contribution in [0.2, 0.25) is 0 Å². The van der Waals surface area contributed by atoms with Gasteiger partial charge in [-0.15, -0.1) is 0 Å². The lowest BCUT2D eigenvalue weighted by Crippen LogP contribution is -2.35. The normalized spacial score (nSPS) is 14.5. The third kappa shape index (κ3) is 4.60. The minimum atomic E-state index is 0.246. The van der Waals surface area contributed by atoms with Gasteiger partial charge in [0.15, 0.2) is 0 Å². The Labute approximate surface area is 195 Å². The number of nitrogens with two attached hydrogens (primary N) is 1. The van der Waals surface area contributed by atoms with E-state index < -0.39 is 0 Å². The van der Waals surface area contributed by atoms with Gasteiger partial charge in [-0.2, -0.15) is 4.98 Å². The summed E-state index contributed by atoms with van der Waals surface area (Å²) in [5.74, 6) is 0.938. The zero-order valence-electron chi connectivity index (χ0n) is 17.6. The Morgan fingerprint density at radius 1 is 0.969 bits per heavy atom. The summed E-state index contributed by atoms with van der Waals surface area (Å²) in [4.78, 5) is 11.4. The second-order valence-corrected chi connectivity index (χ2v) is 8.76. The number of halogens is 1. The molecule has 0 unspecified atom stereocenters. The molecule has 2 heterocycles. The van der Waals surface area contributed by atoms with Crippen LogP contribution in [0.25, 0.3) is 22.0 Å². The lowest BCUT2D eigenvalue weighted by Gasteiger charge is -2.27. The Bertz CT molecular complexity index is 1260. The number of nitrogen functional groups attached to an aromatic ring is 1. The van der Waals surface area contributed by atoms with Crippen molar-refractivity contribution < 1.29 is 4.74 Å². The summed E-state index contributed by atoms with van der Waals surface area (Å²) in [6, 6.07) is 22.8. The zero-order chi connectivity index (χ0) is 21.9. The molecule has 1 fully saturated rings. The van der Waals surface area contributed by atoms with E-state index in [0.717, 1.165) is 59.5 Å². The van der Waals surface area contributed by atoms with Crippen molar-refractivity contribution in [3.05, 3.63) is 76.8 Å². The fraction of sp³-hybridized carbons (Fsp3) is 0.200. The molecule has 4 aromatic rings. The third-order valence-corrected chi connectivity index (χ3v) is 6.12. The number of morpholine rings is 1. The number of hydrogen-bond acceptors (Lipinski definition) is 6. The number of benzene rings is 3. The van der Waals surface area contributed by atoms with Crippen LogP contribution in [-0.4, -0.2) is 41.2 Å². The van der Waals surface area contributed by atoms with Crippen molar-refractivity contribution in [1.82, 2.24) is 14.9 Å². The van der Waals surface area contributed by atoms with Gasteiger partial charge in [-0.25, -0.2) is 4.98 Å². The molecule has 0 spiro atoms. The molecule has 5 rings (SSSR count). The maximum Gasteiger partial charge on any atom is 0.222 e. The number of ether oxygens (including phenoxy) is 1. The molecule has 3 N–H and O–H groups in total. The van der Waals surface area contributed by atoms with E-state index in [9.17, 15) is 0 Å². The van der Waals surface area contributed by atoms with Crippen molar-refractivity contribution in [2.45, 2.75) is 6.54 Å². The van der Waals surface area contributed by atoms with Crippen molar-refractivity contribution in [3.63, 3.8) is 0 Å². The van der Waals surface area contributed by atoms with Gasteiger partial charge in [0, 0.05) is 35.2 Å². The lowest BCUT2D eigenvalue weighted by molar-refractivity contribution is 0.0342. The van der Waals surface area contributed by atoms with E-state index in [2.05, 4.69) is 72.5 Å². The van der Waals surface area contributed by atoms with Gasteiger partial charge in [-0.3, -0.25) is 4.90 Å². The summed E-state index contributed by atoms with van der Waals surface area (Å²) >= 11 is 3.52. The van der Waals surface area contributed by atoms with Crippen LogP contribution >= 0.6 is 15.9 Å². The van der Waals surface area contributed by atoms with Crippen LogP contribution < -0.4 is 11.1 Å². The molecule has 0 radical (unpaired) electrons. The smallest absolute Gasteiger partial charge is 0.222 e. The van der Waals surface area contributed by atoms with E-state index in [1.807, 2.05) is 30.3 Å². The molecule has 1 aliphatic heterocycles. The summed E-state index contributed by atoms with van der Waals surface area (Å²) < 4.78 is 6.50. The minimum absolute atomic E-state index is 0.246. The Morgan fingerprint density at radius 3 is 2.66 bits per heavy atom. The molecule has 1 saturated heterocycles. The Balaban J connectivity index is 1.54. The second-order valence-electron chi connectivity index (χ2n) is 7.84. The molecule has 32 heavy (non-hydrogen) atoms. The number of nitrogens with zero attached hydrogens (tertiary/aromatic N) is 3. The highest BCUT2D eigenvalue weighted by atomic mass is 79.9. The highest BCUT2D eigenvalue weighted by Crippen LogP contribution is 2.32. The molecule has 0 saturated carbocycles. The third-order valence-electron chi connectivity index (χ3n) is 5.63. The predicted octanol–water partition coefficient (Wildman–Crippen LogP) is 5.22. The molecular formula is C25H24BrN5O. The topological polar surface area (TPSA) is 76.3 Å².